The SMILES string of the molecule is Fc1cc(OCCN2CCCC2)cc(-c2ccnc3[nH]c(-c4n[nH]c5ncc(-c6cnccn6)cc45)cc23)c1. The van der Waals surface area contributed by atoms with Crippen LogP contribution in [0.1, 0.15) is 12.8 Å². The van der Waals surface area contributed by atoms with Gasteiger partial charge in [0.2, 0.25) is 0 Å². The van der Waals surface area contributed by atoms with E-state index in [1.165, 1.54) is 25.0 Å². The van der Waals surface area contributed by atoms with E-state index in [1.807, 2.05) is 24.3 Å². The molecule has 9 nitrogen and oxygen atoms in total. The molecular formula is C29H25FN8O. The number of hydrogen-bond acceptors (Lipinski definition) is 7. The quantitative estimate of drug-likeness (QED) is 0.296. The molecule has 194 valence electrons. The molecular weight excluding hydrogens is 495 g/mol. The highest BCUT2D eigenvalue weighted by molar-refractivity contribution is 5.99. The largest absolute Gasteiger partial charge is 0.492 e. The van der Waals surface area contributed by atoms with Crippen LogP contribution >= 0.6 is 0 Å². The number of nitrogens with zero attached hydrogens (tertiary/aromatic N) is 6. The third-order valence-electron chi connectivity index (χ3n) is 7.12. The Morgan fingerprint density at radius 2 is 1.79 bits per heavy atom. The molecule has 0 aliphatic carbocycles. The molecule has 7 rings (SSSR count). The van der Waals surface area contributed by atoms with Crippen molar-refractivity contribution in [3.8, 4) is 39.5 Å². The van der Waals surface area contributed by atoms with Crippen molar-refractivity contribution >= 4 is 22.1 Å². The van der Waals surface area contributed by atoms with Gasteiger partial charge < -0.3 is 9.72 Å². The second kappa shape index (κ2) is 9.88. The zero-order valence-corrected chi connectivity index (χ0v) is 21.1. The second-order valence-electron chi connectivity index (χ2n) is 9.66. The highest BCUT2D eigenvalue weighted by Crippen LogP contribution is 2.35. The lowest BCUT2D eigenvalue weighted by Gasteiger charge is -2.15. The Bertz CT molecular complexity index is 1780. The second-order valence-corrected chi connectivity index (χ2v) is 9.66. The molecule has 1 aliphatic rings. The van der Waals surface area contributed by atoms with E-state index in [0.29, 0.717) is 29.3 Å². The van der Waals surface area contributed by atoms with Crippen molar-refractivity contribution in [1.29, 1.82) is 0 Å². The zero-order valence-electron chi connectivity index (χ0n) is 21.1. The minimum Gasteiger partial charge on any atom is -0.492 e. The van der Waals surface area contributed by atoms with Gasteiger partial charge in [0.25, 0.3) is 0 Å². The fourth-order valence-electron chi connectivity index (χ4n) is 5.20. The van der Waals surface area contributed by atoms with Gasteiger partial charge in [-0.2, -0.15) is 5.10 Å². The van der Waals surface area contributed by atoms with Gasteiger partial charge in [-0.3, -0.25) is 20.0 Å². The molecule has 1 aliphatic heterocycles. The summed E-state index contributed by atoms with van der Waals surface area (Å²) in [5.74, 6) is 0.177. The summed E-state index contributed by atoms with van der Waals surface area (Å²) in [5.41, 5.74) is 5.95. The van der Waals surface area contributed by atoms with E-state index < -0.39 is 0 Å². The van der Waals surface area contributed by atoms with Crippen molar-refractivity contribution in [3.63, 3.8) is 0 Å². The maximum atomic E-state index is 14.7. The zero-order chi connectivity index (χ0) is 26.2. The van der Waals surface area contributed by atoms with Crippen LogP contribution in [0.25, 0.3) is 55.8 Å². The third kappa shape index (κ3) is 4.59. The fraction of sp³-hybridized carbons (Fsp3) is 0.207. The fourth-order valence-corrected chi connectivity index (χ4v) is 5.20. The number of aromatic nitrogens is 7. The summed E-state index contributed by atoms with van der Waals surface area (Å²) in [4.78, 5) is 23.3. The number of aromatic amines is 2. The topological polar surface area (TPSA) is 108 Å². The predicted molar refractivity (Wildman–Crippen MR) is 147 cm³/mol. The summed E-state index contributed by atoms with van der Waals surface area (Å²) >= 11 is 0. The molecule has 1 saturated heterocycles. The number of likely N-dealkylation sites (tertiary alicyclic amines) is 1. The molecule has 0 spiro atoms. The number of rotatable bonds is 7. The highest BCUT2D eigenvalue weighted by atomic mass is 19.1. The standard InChI is InChI=1S/C29H25FN8O/c30-20-11-18(12-21(14-20)39-10-9-38-7-1-2-8-38)22-3-4-33-28-23(22)15-25(35-28)27-24-13-19(16-34-29(24)37-36-27)26-17-31-5-6-32-26/h3-6,11-17H,1-2,7-10H2,(H,33,35)(H,34,36,37). The number of halogens is 1. The molecule has 0 saturated carbocycles. The number of nitrogens with one attached hydrogen (secondary N) is 2. The lowest BCUT2D eigenvalue weighted by molar-refractivity contribution is 0.237. The summed E-state index contributed by atoms with van der Waals surface area (Å²) in [7, 11) is 0. The van der Waals surface area contributed by atoms with Gasteiger partial charge in [0.1, 0.15) is 29.5 Å². The number of fused-ring (bicyclic) bond motifs is 2. The summed E-state index contributed by atoms with van der Waals surface area (Å²) in [6.45, 7) is 3.58. The molecule has 6 aromatic rings. The monoisotopic (exact) mass is 520 g/mol. The molecule has 0 unspecified atom stereocenters. The van der Waals surface area contributed by atoms with E-state index in [9.17, 15) is 4.39 Å². The number of H-pyrrole nitrogens is 2. The molecule has 0 bridgehead atoms. The number of hydrogen-bond donors (Lipinski definition) is 2. The first-order valence-electron chi connectivity index (χ1n) is 13.0. The molecule has 6 heterocycles. The van der Waals surface area contributed by atoms with E-state index in [1.54, 1.807) is 31.0 Å². The molecule has 2 N–H and O–H groups in total. The Kier molecular flexibility index (Phi) is 5.93. The number of ether oxygens (including phenoxy) is 1. The van der Waals surface area contributed by atoms with Crippen molar-refractivity contribution in [2.24, 2.45) is 0 Å². The first-order valence-corrected chi connectivity index (χ1v) is 13.0. The Morgan fingerprint density at radius 3 is 2.67 bits per heavy atom. The van der Waals surface area contributed by atoms with Crippen molar-refractivity contribution in [1.82, 2.24) is 40.0 Å². The summed E-state index contributed by atoms with van der Waals surface area (Å²) in [5, 5.41) is 9.22. The van der Waals surface area contributed by atoms with Crippen molar-refractivity contribution in [2.45, 2.75) is 12.8 Å². The van der Waals surface area contributed by atoms with Crippen LogP contribution in [0.2, 0.25) is 0 Å². The van der Waals surface area contributed by atoms with Gasteiger partial charge in [0.05, 0.1) is 17.6 Å². The minimum absolute atomic E-state index is 0.342. The van der Waals surface area contributed by atoms with Gasteiger partial charge in [-0.15, -0.1) is 0 Å². The maximum absolute atomic E-state index is 14.7. The first-order chi connectivity index (χ1) is 19.2. The Labute approximate surface area is 223 Å². The normalized spacial score (nSPS) is 14.0. The summed E-state index contributed by atoms with van der Waals surface area (Å²) < 4.78 is 20.6. The Balaban J connectivity index is 1.23. The lowest BCUT2D eigenvalue weighted by atomic mass is 10.0. The minimum atomic E-state index is -0.342. The van der Waals surface area contributed by atoms with Gasteiger partial charge in [-0.05, 0) is 67.4 Å². The van der Waals surface area contributed by atoms with Crippen LogP contribution in [0.15, 0.2) is 67.4 Å². The average molecular weight is 521 g/mol. The van der Waals surface area contributed by atoms with Gasteiger partial charge in [-0.1, -0.05) is 0 Å². The van der Waals surface area contributed by atoms with E-state index >= 15 is 0 Å². The van der Waals surface area contributed by atoms with E-state index in [4.69, 9.17) is 4.74 Å². The Morgan fingerprint density at radius 1 is 0.872 bits per heavy atom. The molecule has 0 radical (unpaired) electrons. The number of pyridine rings is 2. The molecule has 0 atom stereocenters. The maximum Gasteiger partial charge on any atom is 0.155 e. The van der Waals surface area contributed by atoms with Crippen LogP contribution in [0.4, 0.5) is 4.39 Å². The van der Waals surface area contributed by atoms with Crippen LogP contribution in [0.3, 0.4) is 0 Å². The van der Waals surface area contributed by atoms with Gasteiger partial charge in [0, 0.05) is 53.7 Å². The predicted octanol–water partition coefficient (Wildman–Crippen LogP) is 5.24. The molecule has 10 heteroatoms. The van der Waals surface area contributed by atoms with Gasteiger partial charge in [0.15, 0.2) is 5.65 Å². The van der Waals surface area contributed by atoms with Crippen LogP contribution in [0.5, 0.6) is 5.75 Å². The highest BCUT2D eigenvalue weighted by Gasteiger charge is 2.17. The summed E-state index contributed by atoms with van der Waals surface area (Å²) in [6, 6.07) is 10.7. The van der Waals surface area contributed by atoms with Crippen LogP contribution in [0, 0.1) is 5.82 Å². The first kappa shape index (κ1) is 23.4. The summed E-state index contributed by atoms with van der Waals surface area (Å²) in [6.07, 6.45) is 10.9. The molecule has 0 amide bonds. The molecule has 1 aromatic carbocycles. The molecule has 1 fully saturated rings. The molecule has 39 heavy (non-hydrogen) atoms. The average Bonchev–Trinajstić information content (AvgIpc) is 3.72. The van der Waals surface area contributed by atoms with Gasteiger partial charge >= 0.3 is 0 Å². The third-order valence-corrected chi connectivity index (χ3v) is 7.12. The Hall–Kier alpha value is -4.70. The van der Waals surface area contributed by atoms with Crippen molar-refractivity contribution in [2.75, 3.05) is 26.2 Å². The van der Waals surface area contributed by atoms with E-state index in [0.717, 1.165) is 58.5 Å². The lowest BCUT2D eigenvalue weighted by Crippen LogP contribution is -2.25. The van der Waals surface area contributed by atoms with Crippen LogP contribution in [-0.4, -0.2) is 66.3 Å². The van der Waals surface area contributed by atoms with Gasteiger partial charge in [-0.25, -0.2) is 14.4 Å². The smallest absolute Gasteiger partial charge is 0.155 e. The van der Waals surface area contributed by atoms with Crippen molar-refractivity contribution < 1.29 is 9.13 Å². The van der Waals surface area contributed by atoms with E-state index in [-0.39, 0.29) is 5.82 Å². The van der Waals surface area contributed by atoms with Crippen LogP contribution in [-0.2, 0) is 0 Å². The number of benzene rings is 1. The molecule has 5 aromatic heterocycles. The van der Waals surface area contributed by atoms with E-state index in [2.05, 4.69) is 40.0 Å². The van der Waals surface area contributed by atoms with Crippen LogP contribution < -0.4 is 4.74 Å². The van der Waals surface area contributed by atoms with Crippen molar-refractivity contribution in [3.05, 3.63) is 73.2 Å².